The monoisotopic (exact) mass is 429 g/mol. The fourth-order valence-corrected chi connectivity index (χ4v) is 3.77. The maximum absolute atomic E-state index is 11.5. The zero-order valence-electron chi connectivity index (χ0n) is 17.3. The summed E-state index contributed by atoms with van der Waals surface area (Å²) in [7, 11) is -1.60. The topological polar surface area (TPSA) is 55.4 Å². The van der Waals surface area contributed by atoms with E-state index < -0.39 is 10.1 Å². The molecule has 0 bridgehead atoms. The van der Waals surface area contributed by atoms with Gasteiger partial charge in [0.15, 0.2) is 0 Å². The number of unbranched alkanes of at least 4 members (excludes halogenated alkanes) is 12. The van der Waals surface area contributed by atoms with Crippen molar-refractivity contribution < 1.29 is 12.6 Å². The van der Waals surface area contributed by atoms with Crippen molar-refractivity contribution >= 4 is 61.5 Å². The van der Waals surface area contributed by atoms with Crippen LogP contribution in [0.4, 0.5) is 0 Å². The van der Waals surface area contributed by atoms with Crippen LogP contribution in [0, 0.1) is 0 Å². The molecule has 0 heterocycles. The van der Waals surface area contributed by atoms with Gasteiger partial charge >= 0.3 is 51.4 Å². The van der Waals surface area contributed by atoms with E-state index in [1.165, 1.54) is 77.0 Å². The van der Waals surface area contributed by atoms with Gasteiger partial charge < -0.3 is 5.32 Å². The number of nitrogens with one attached hydrogen (secondary N) is 1. The summed E-state index contributed by atoms with van der Waals surface area (Å²) in [6.07, 6.45) is 22.2. The van der Waals surface area contributed by atoms with Gasteiger partial charge in [0.1, 0.15) is 0 Å². The number of rotatable bonds is 20. The second kappa shape index (κ2) is 23.5. The van der Waals surface area contributed by atoms with Crippen molar-refractivity contribution in [3.63, 3.8) is 0 Å². The third-order valence-corrected chi connectivity index (χ3v) is 5.75. The first-order valence-electron chi connectivity index (χ1n) is 10.8. The Kier molecular flexibility index (Phi) is 26.5. The molecule has 0 aromatic heterocycles. The van der Waals surface area contributed by atoms with Crippen LogP contribution < -0.4 is 5.32 Å². The third kappa shape index (κ3) is 25.2. The molecule has 0 aromatic carbocycles. The Hall–Kier alpha value is 1.25. The Labute approximate surface area is 212 Å². The van der Waals surface area contributed by atoms with Gasteiger partial charge in [0.25, 0.3) is 10.1 Å². The zero-order chi connectivity index (χ0) is 19.3. The van der Waals surface area contributed by atoms with E-state index in [9.17, 15) is 8.42 Å². The Balaban J connectivity index is 0. The van der Waals surface area contributed by atoms with Crippen LogP contribution in [-0.2, 0) is 14.3 Å². The van der Waals surface area contributed by atoms with E-state index >= 15 is 0 Å². The molecular formula is C21H44KNO3S. The summed E-state index contributed by atoms with van der Waals surface area (Å²) in [4.78, 5) is 0. The number of allylic oxidation sites excluding steroid dienone is 2. The molecule has 0 radical (unpaired) electrons. The van der Waals surface area contributed by atoms with Crippen molar-refractivity contribution in [2.45, 2.75) is 96.8 Å². The summed E-state index contributed by atoms with van der Waals surface area (Å²) in [5.74, 6) is 0.0515. The molecule has 158 valence electrons. The van der Waals surface area contributed by atoms with Crippen LogP contribution >= 0.6 is 0 Å². The first-order valence-corrected chi connectivity index (χ1v) is 12.4. The molecule has 0 rings (SSSR count). The van der Waals surface area contributed by atoms with Crippen molar-refractivity contribution in [3.8, 4) is 0 Å². The summed E-state index contributed by atoms with van der Waals surface area (Å²) in [5, 5.41) is 2.82. The van der Waals surface area contributed by atoms with Gasteiger partial charge in [0, 0.05) is 6.54 Å². The van der Waals surface area contributed by atoms with Crippen LogP contribution in [-0.4, -0.2) is 85.8 Å². The molecule has 0 aliphatic rings. The van der Waals surface area contributed by atoms with Crippen LogP contribution in [0.15, 0.2) is 12.2 Å². The van der Waals surface area contributed by atoms with Gasteiger partial charge in [-0.05, 0) is 39.2 Å². The molecule has 0 amide bonds. The van der Waals surface area contributed by atoms with Gasteiger partial charge in [-0.1, -0.05) is 76.9 Å². The van der Waals surface area contributed by atoms with Crippen molar-refractivity contribution in [2.24, 2.45) is 0 Å². The van der Waals surface area contributed by atoms with Gasteiger partial charge in [-0.25, -0.2) is 0 Å². The SMILES string of the molecule is CCCCCCCC/C=C\CCCCCCCCOS(=O)(=O)CCNC.[KH]. The van der Waals surface area contributed by atoms with E-state index in [1.54, 1.807) is 7.05 Å². The van der Waals surface area contributed by atoms with Crippen molar-refractivity contribution in [2.75, 3.05) is 26.0 Å². The predicted octanol–water partition coefficient (Wildman–Crippen LogP) is 4.94. The van der Waals surface area contributed by atoms with Crippen LogP contribution in [0.5, 0.6) is 0 Å². The zero-order valence-corrected chi connectivity index (χ0v) is 18.1. The second-order valence-electron chi connectivity index (χ2n) is 7.13. The molecule has 0 aromatic rings. The van der Waals surface area contributed by atoms with Gasteiger partial charge in [-0.3, -0.25) is 4.18 Å². The van der Waals surface area contributed by atoms with Gasteiger partial charge in [0.2, 0.25) is 0 Å². The fourth-order valence-electron chi connectivity index (χ4n) is 2.82. The molecule has 0 spiro atoms. The number of hydrogen-bond acceptors (Lipinski definition) is 4. The van der Waals surface area contributed by atoms with Gasteiger partial charge in [-0.15, -0.1) is 0 Å². The first-order chi connectivity index (χ1) is 12.6. The van der Waals surface area contributed by atoms with E-state index in [1.807, 2.05) is 0 Å². The molecule has 0 atom stereocenters. The average Bonchev–Trinajstić information content (AvgIpc) is 2.62. The van der Waals surface area contributed by atoms with E-state index in [0.717, 1.165) is 12.8 Å². The summed E-state index contributed by atoms with van der Waals surface area (Å²) < 4.78 is 27.9. The Morgan fingerprint density at radius 2 is 1.26 bits per heavy atom. The second-order valence-corrected chi connectivity index (χ2v) is 8.88. The molecule has 6 heteroatoms. The molecule has 1 N–H and O–H groups in total. The van der Waals surface area contributed by atoms with Gasteiger partial charge in [0.05, 0.1) is 12.4 Å². The summed E-state index contributed by atoms with van der Waals surface area (Å²) in [6, 6.07) is 0. The molecule has 0 unspecified atom stereocenters. The molecule has 4 nitrogen and oxygen atoms in total. The van der Waals surface area contributed by atoms with Crippen LogP contribution in [0.2, 0.25) is 0 Å². The molecule has 0 fully saturated rings. The normalized spacial score (nSPS) is 11.8. The Bertz CT molecular complexity index is 414. The van der Waals surface area contributed by atoms with E-state index in [2.05, 4.69) is 24.4 Å². The van der Waals surface area contributed by atoms with Crippen molar-refractivity contribution in [1.82, 2.24) is 5.32 Å². The third-order valence-electron chi connectivity index (χ3n) is 4.52. The molecule has 0 saturated carbocycles. The molecule has 27 heavy (non-hydrogen) atoms. The van der Waals surface area contributed by atoms with Crippen LogP contribution in [0.25, 0.3) is 0 Å². The Morgan fingerprint density at radius 1 is 0.778 bits per heavy atom. The van der Waals surface area contributed by atoms with Gasteiger partial charge in [-0.2, -0.15) is 8.42 Å². The summed E-state index contributed by atoms with van der Waals surface area (Å²) in [6.45, 7) is 3.03. The van der Waals surface area contributed by atoms with Crippen molar-refractivity contribution in [1.29, 1.82) is 0 Å². The van der Waals surface area contributed by atoms with E-state index in [0.29, 0.717) is 13.2 Å². The molecular weight excluding hydrogens is 385 g/mol. The summed E-state index contributed by atoms with van der Waals surface area (Å²) in [5.41, 5.74) is 0. The van der Waals surface area contributed by atoms with E-state index in [4.69, 9.17) is 4.18 Å². The Morgan fingerprint density at radius 3 is 1.78 bits per heavy atom. The minimum absolute atomic E-state index is 0. The maximum atomic E-state index is 11.5. The standard InChI is InChI=1S/C21H43NO3S.K.H/c1-3-4-5-6-7-8-9-10-11-12-13-14-15-16-17-18-20-25-26(23,24)21-19-22-2;;/h10-11,22H,3-9,12-21H2,1-2H3;;/b11-10-;;. The number of hydrogen-bond donors (Lipinski definition) is 1. The quantitative estimate of drug-likeness (QED) is 0.129. The molecule has 0 aliphatic carbocycles. The molecule has 0 aliphatic heterocycles. The van der Waals surface area contributed by atoms with Crippen LogP contribution in [0.3, 0.4) is 0 Å². The average molecular weight is 430 g/mol. The van der Waals surface area contributed by atoms with E-state index in [-0.39, 0.29) is 57.1 Å². The van der Waals surface area contributed by atoms with Crippen LogP contribution in [0.1, 0.15) is 96.8 Å². The fraction of sp³-hybridized carbons (Fsp3) is 0.905. The van der Waals surface area contributed by atoms with Crippen molar-refractivity contribution in [3.05, 3.63) is 12.2 Å². The minimum atomic E-state index is -3.33. The summed E-state index contributed by atoms with van der Waals surface area (Å²) >= 11 is 0. The predicted molar refractivity (Wildman–Crippen MR) is 120 cm³/mol. The molecule has 0 saturated heterocycles. The first kappa shape index (κ1) is 30.4.